The van der Waals surface area contributed by atoms with Gasteiger partial charge in [0.05, 0.1) is 12.2 Å². The fraction of sp³-hybridized carbons (Fsp3) is 0.593. The Hall–Kier alpha value is -1.95. The molecule has 0 saturated heterocycles. The molecule has 5 atom stereocenters. The molecule has 2 rings (SSSR count). The number of rotatable bonds is 14. The summed E-state index contributed by atoms with van der Waals surface area (Å²) in [7, 11) is 1.70. The number of hydrogen-bond acceptors (Lipinski definition) is 4. The minimum absolute atomic E-state index is 0.102. The summed E-state index contributed by atoms with van der Waals surface area (Å²) < 4.78 is 5.40. The van der Waals surface area contributed by atoms with Gasteiger partial charge in [0.1, 0.15) is 0 Å². The second-order valence-electron chi connectivity index (χ2n) is 8.79. The van der Waals surface area contributed by atoms with Gasteiger partial charge in [-0.25, -0.2) is 0 Å². The van der Waals surface area contributed by atoms with Crippen LogP contribution in [0.3, 0.4) is 0 Å². The summed E-state index contributed by atoms with van der Waals surface area (Å²) in [5, 5.41) is 24.0. The van der Waals surface area contributed by atoms with Crippen molar-refractivity contribution < 1.29 is 19.7 Å². The lowest BCUT2D eigenvalue weighted by molar-refractivity contribution is -0.121. The summed E-state index contributed by atoms with van der Waals surface area (Å²) in [6.45, 7) is 3.21. The lowest BCUT2D eigenvalue weighted by Crippen LogP contribution is -2.21. The van der Waals surface area contributed by atoms with Crippen molar-refractivity contribution >= 4 is 5.91 Å². The minimum Gasteiger partial charge on any atom is -0.393 e. The number of allylic oxidation sites excluding steroid dienone is 3. The van der Waals surface area contributed by atoms with Gasteiger partial charge in [0.2, 0.25) is 5.91 Å². The van der Waals surface area contributed by atoms with E-state index in [1.54, 1.807) is 7.11 Å². The summed E-state index contributed by atoms with van der Waals surface area (Å²) in [6, 6.07) is 10.2. The molecule has 0 aromatic heterocycles. The molecule has 1 aromatic carbocycles. The predicted molar refractivity (Wildman–Crippen MR) is 129 cm³/mol. The Morgan fingerprint density at radius 1 is 1.28 bits per heavy atom. The molecule has 1 aliphatic rings. The van der Waals surface area contributed by atoms with E-state index in [1.165, 1.54) is 5.56 Å². The van der Waals surface area contributed by atoms with Crippen LogP contribution in [0.25, 0.3) is 0 Å². The van der Waals surface area contributed by atoms with Crippen molar-refractivity contribution in [3.8, 4) is 0 Å². The zero-order chi connectivity index (χ0) is 23.2. The maximum atomic E-state index is 11.5. The summed E-state index contributed by atoms with van der Waals surface area (Å²) in [5.74, 6) is 0.651. The van der Waals surface area contributed by atoms with Crippen molar-refractivity contribution in [1.29, 1.82) is 0 Å². The SMILES string of the molecule is CCNC(=O)CCCC=CCC1C(O)CC(COC)C1C=CC(O)CCc1ccccc1. The molecule has 0 bridgehead atoms. The van der Waals surface area contributed by atoms with Crippen LogP contribution in [0.4, 0.5) is 0 Å². The van der Waals surface area contributed by atoms with Crippen molar-refractivity contribution in [2.24, 2.45) is 17.8 Å². The first-order chi connectivity index (χ1) is 15.5. The average molecular weight is 444 g/mol. The number of unbranched alkanes of at least 4 members (excludes halogenated alkanes) is 1. The van der Waals surface area contributed by atoms with Crippen molar-refractivity contribution in [2.75, 3.05) is 20.3 Å². The Morgan fingerprint density at radius 2 is 2.06 bits per heavy atom. The normalized spacial score (nSPS) is 24.4. The molecular weight excluding hydrogens is 402 g/mol. The molecule has 1 saturated carbocycles. The van der Waals surface area contributed by atoms with E-state index in [-0.39, 0.29) is 29.8 Å². The molecule has 3 N–H and O–H groups in total. The number of carbonyl (C=O) groups is 1. The molecule has 1 fully saturated rings. The minimum atomic E-state index is -0.499. The van der Waals surface area contributed by atoms with Gasteiger partial charge in [-0.1, -0.05) is 54.6 Å². The number of aliphatic hydroxyl groups is 2. The van der Waals surface area contributed by atoms with Gasteiger partial charge in [-0.2, -0.15) is 0 Å². The molecule has 0 heterocycles. The van der Waals surface area contributed by atoms with Crippen LogP contribution in [-0.4, -0.2) is 48.6 Å². The number of methoxy groups -OCH3 is 1. The zero-order valence-electron chi connectivity index (χ0n) is 19.7. The van der Waals surface area contributed by atoms with E-state index in [0.29, 0.717) is 26.0 Å². The van der Waals surface area contributed by atoms with Gasteiger partial charge in [-0.05, 0) is 68.8 Å². The Morgan fingerprint density at radius 3 is 2.78 bits per heavy atom. The smallest absolute Gasteiger partial charge is 0.219 e. The van der Waals surface area contributed by atoms with Gasteiger partial charge in [0.25, 0.3) is 0 Å². The van der Waals surface area contributed by atoms with E-state index in [1.807, 2.05) is 31.2 Å². The lowest BCUT2D eigenvalue weighted by Gasteiger charge is -2.22. The highest BCUT2D eigenvalue weighted by Gasteiger charge is 2.40. The average Bonchev–Trinajstić information content (AvgIpc) is 3.08. The van der Waals surface area contributed by atoms with Crippen LogP contribution in [0.5, 0.6) is 0 Å². The number of benzene rings is 1. The van der Waals surface area contributed by atoms with E-state index in [2.05, 4.69) is 35.7 Å². The van der Waals surface area contributed by atoms with Crippen molar-refractivity contribution in [2.45, 2.75) is 64.1 Å². The maximum Gasteiger partial charge on any atom is 0.219 e. The van der Waals surface area contributed by atoms with Gasteiger partial charge in [-0.3, -0.25) is 4.79 Å². The highest BCUT2D eigenvalue weighted by Crippen LogP contribution is 2.41. The van der Waals surface area contributed by atoms with Crippen LogP contribution in [0.2, 0.25) is 0 Å². The summed E-state index contributed by atoms with van der Waals surface area (Å²) >= 11 is 0. The molecule has 0 radical (unpaired) electrons. The van der Waals surface area contributed by atoms with Crippen molar-refractivity contribution in [1.82, 2.24) is 5.32 Å². The number of carbonyl (C=O) groups excluding carboxylic acids is 1. The first-order valence-electron chi connectivity index (χ1n) is 12.0. The zero-order valence-corrected chi connectivity index (χ0v) is 19.7. The fourth-order valence-corrected chi connectivity index (χ4v) is 4.60. The monoisotopic (exact) mass is 443 g/mol. The van der Waals surface area contributed by atoms with Gasteiger partial charge in [0.15, 0.2) is 0 Å². The molecule has 178 valence electrons. The fourth-order valence-electron chi connectivity index (χ4n) is 4.60. The number of aliphatic hydroxyl groups excluding tert-OH is 2. The lowest BCUT2D eigenvalue weighted by atomic mass is 9.86. The van der Waals surface area contributed by atoms with Crippen LogP contribution in [0.15, 0.2) is 54.6 Å². The molecule has 5 unspecified atom stereocenters. The third kappa shape index (κ3) is 9.27. The van der Waals surface area contributed by atoms with E-state index < -0.39 is 6.10 Å². The first-order valence-corrected chi connectivity index (χ1v) is 12.0. The first kappa shape index (κ1) is 26.3. The molecule has 32 heavy (non-hydrogen) atoms. The number of ether oxygens (including phenoxy) is 1. The molecule has 0 aliphatic heterocycles. The van der Waals surface area contributed by atoms with Crippen LogP contribution in [0, 0.1) is 17.8 Å². The highest BCUT2D eigenvalue weighted by molar-refractivity contribution is 5.75. The Labute approximate surface area is 193 Å². The number of hydrogen-bond donors (Lipinski definition) is 3. The van der Waals surface area contributed by atoms with Gasteiger partial charge in [-0.15, -0.1) is 0 Å². The molecule has 1 amide bonds. The van der Waals surface area contributed by atoms with Crippen molar-refractivity contribution in [3.63, 3.8) is 0 Å². The Balaban J connectivity index is 1.86. The quantitative estimate of drug-likeness (QED) is 0.299. The number of amides is 1. The maximum absolute atomic E-state index is 11.5. The van der Waals surface area contributed by atoms with Crippen LogP contribution in [-0.2, 0) is 16.0 Å². The van der Waals surface area contributed by atoms with Crippen LogP contribution in [0.1, 0.15) is 51.0 Å². The summed E-state index contributed by atoms with van der Waals surface area (Å²) in [6.07, 6.45) is 12.7. The summed E-state index contributed by atoms with van der Waals surface area (Å²) in [5.41, 5.74) is 1.23. The molecule has 5 nitrogen and oxygen atoms in total. The molecule has 1 aliphatic carbocycles. The number of aryl methyl sites for hydroxylation is 1. The van der Waals surface area contributed by atoms with E-state index in [9.17, 15) is 15.0 Å². The van der Waals surface area contributed by atoms with Crippen LogP contribution < -0.4 is 5.32 Å². The Bertz CT molecular complexity index is 703. The van der Waals surface area contributed by atoms with E-state index >= 15 is 0 Å². The van der Waals surface area contributed by atoms with E-state index in [4.69, 9.17) is 4.74 Å². The van der Waals surface area contributed by atoms with Gasteiger partial charge >= 0.3 is 0 Å². The molecule has 5 heteroatoms. The van der Waals surface area contributed by atoms with Gasteiger partial charge < -0.3 is 20.3 Å². The topological polar surface area (TPSA) is 78.8 Å². The van der Waals surface area contributed by atoms with Gasteiger partial charge in [0, 0.05) is 26.7 Å². The number of nitrogens with one attached hydrogen (secondary N) is 1. The summed E-state index contributed by atoms with van der Waals surface area (Å²) in [4.78, 5) is 11.5. The predicted octanol–water partition coefficient (Wildman–Crippen LogP) is 4.05. The van der Waals surface area contributed by atoms with Crippen LogP contribution >= 0.6 is 0 Å². The molecular formula is C27H41NO4. The molecule has 0 spiro atoms. The third-order valence-corrected chi connectivity index (χ3v) is 6.31. The largest absolute Gasteiger partial charge is 0.393 e. The third-order valence-electron chi connectivity index (χ3n) is 6.31. The Kier molecular flexibility index (Phi) is 12.3. The highest BCUT2D eigenvalue weighted by atomic mass is 16.5. The van der Waals surface area contributed by atoms with E-state index in [0.717, 1.165) is 32.1 Å². The second-order valence-corrected chi connectivity index (χ2v) is 8.79. The molecule has 1 aromatic rings. The van der Waals surface area contributed by atoms with Crippen molar-refractivity contribution in [3.05, 3.63) is 60.2 Å². The second kappa shape index (κ2) is 15.0. The standard InChI is InChI=1S/C27H41NO4/c1-3-28-27(31)14-10-5-4-9-13-25-24(22(20-32-2)19-26(25)30)18-17-23(29)16-15-21-11-7-6-8-12-21/h4,6-9,11-12,17-18,22-26,29-30H,3,5,10,13-16,19-20H2,1-2H3,(H,28,31).